The van der Waals surface area contributed by atoms with E-state index in [-0.39, 0.29) is 24.3 Å². The molecule has 0 radical (unpaired) electrons. The molecule has 1 atom stereocenters. The number of hydrogen-bond acceptors (Lipinski definition) is 6. The summed E-state index contributed by atoms with van der Waals surface area (Å²) >= 11 is 6.07. The van der Waals surface area contributed by atoms with Gasteiger partial charge in [-0.3, -0.25) is 9.36 Å². The third-order valence-corrected chi connectivity index (χ3v) is 4.69. The van der Waals surface area contributed by atoms with Crippen LogP contribution in [0.25, 0.3) is 11.1 Å². The van der Waals surface area contributed by atoms with Gasteiger partial charge >= 0.3 is 5.97 Å². The van der Waals surface area contributed by atoms with Crippen molar-refractivity contribution < 1.29 is 27.8 Å². The lowest BCUT2D eigenvalue weighted by Crippen LogP contribution is -2.35. The largest absolute Gasteiger partial charge is 0.495 e. The first-order valence-electron chi connectivity index (χ1n) is 10.1. The van der Waals surface area contributed by atoms with Crippen LogP contribution < -0.4 is 10.3 Å². The zero-order valence-corrected chi connectivity index (χ0v) is 19.5. The van der Waals surface area contributed by atoms with Crippen LogP contribution in [-0.4, -0.2) is 42.9 Å². The lowest BCUT2D eigenvalue weighted by atomic mass is 10.00. The molecular formula is C23H25ClF2N2O5. The minimum atomic E-state index is -2.65. The summed E-state index contributed by atoms with van der Waals surface area (Å²) in [7, 11) is 1.37. The molecule has 1 aromatic heterocycles. The van der Waals surface area contributed by atoms with Gasteiger partial charge in [-0.1, -0.05) is 11.6 Å². The summed E-state index contributed by atoms with van der Waals surface area (Å²) in [5.41, 5.74) is -0.442. The number of hydrogen-bond donors (Lipinski definition) is 0. The van der Waals surface area contributed by atoms with E-state index in [2.05, 4.69) is 0 Å². The first-order chi connectivity index (χ1) is 15.5. The molecule has 0 amide bonds. The molecule has 178 valence electrons. The topological polar surface area (TPSA) is 90.5 Å². The molecule has 7 nitrogen and oxygen atoms in total. The molecule has 0 aliphatic heterocycles. The predicted octanol–water partition coefficient (Wildman–Crippen LogP) is 4.60. The number of rotatable bonds is 9. The Hall–Kier alpha value is -2.96. The van der Waals surface area contributed by atoms with Crippen LogP contribution in [-0.2, 0) is 14.3 Å². The quantitative estimate of drug-likeness (QED) is 0.383. The highest BCUT2D eigenvalue weighted by Gasteiger charge is 2.28. The van der Waals surface area contributed by atoms with Crippen LogP contribution in [0.5, 0.6) is 5.75 Å². The van der Waals surface area contributed by atoms with E-state index < -0.39 is 36.2 Å². The summed E-state index contributed by atoms with van der Waals surface area (Å²) < 4.78 is 41.7. The molecule has 0 spiro atoms. The molecule has 0 N–H and O–H groups in total. The van der Waals surface area contributed by atoms with E-state index in [0.717, 1.165) is 4.57 Å². The van der Waals surface area contributed by atoms with Crippen LogP contribution in [0.2, 0.25) is 5.02 Å². The van der Waals surface area contributed by atoms with E-state index in [9.17, 15) is 23.6 Å². The summed E-state index contributed by atoms with van der Waals surface area (Å²) in [6, 6.07) is 6.72. The lowest BCUT2D eigenvalue weighted by molar-refractivity contribution is -0.159. The van der Waals surface area contributed by atoms with Crippen molar-refractivity contribution in [3.63, 3.8) is 0 Å². The number of esters is 1. The monoisotopic (exact) mass is 482 g/mol. The Kier molecular flexibility index (Phi) is 8.97. The second-order valence-electron chi connectivity index (χ2n) is 8.11. The number of aromatic nitrogens is 1. The van der Waals surface area contributed by atoms with Crippen LogP contribution in [0.15, 0.2) is 35.3 Å². The number of nitrogens with zero attached hydrogens (tertiary/aromatic N) is 2. The van der Waals surface area contributed by atoms with Gasteiger partial charge in [0.2, 0.25) is 0 Å². The van der Waals surface area contributed by atoms with Gasteiger partial charge in [-0.25, -0.2) is 13.6 Å². The van der Waals surface area contributed by atoms with Gasteiger partial charge in [-0.2, -0.15) is 5.26 Å². The second kappa shape index (κ2) is 11.3. The Morgan fingerprint density at radius 3 is 2.52 bits per heavy atom. The molecule has 1 heterocycles. The standard InChI is InChI=1S/C23H25ClF2N2O5/c1-23(2,3)33-22(30)18(7-8-32-13-20(25)26)28-12-19(31-4)17(10-21(28)29)16-9-15(24)6-5-14(16)11-27/h5-6,9-10,12,18,20H,7-8,13H2,1-4H3. The van der Waals surface area contributed by atoms with Crippen LogP contribution in [0.1, 0.15) is 38.8 Å². The number of ether oxygens (including phenoxy) is 3. The Labute approximate surface area is 195 Å². The van der Waals surface area contributed by atoms with Gasteiger partial charge in [0.1, 0.15) is 24.0 Å². The highest BCUT2D eigenvalue weighted by molar-refractivity contribution is 6.31. The number of methoxy groups -OCH3 is 1. The number of carbonyl (C=O) groups is 1. The van der Waals surface area contributed by atoms with Crippen molar-refractivity contribution in [2.45, 2.75) is 45.3 Å². The van der Waals surface area contributed by atoms with Gasteiger partial charge in [0.05, 0.1) is 24.9 Å². The number of benzene rings is 1. The van der Waals surface area contributed by atoms with Crippen molar-refractivity contribution in [1.29, 1.82) is 5.26 Å². The molecule has 2 rings (SSSR count). The molecule has 0 aliphatic rings. The van der Waals surface area contributed by atoms with Gasteiger partial charge in [0.15, 0.2) is 0 Å². The van der Waals surface area contributed by atoms with Crippen LogP contribution in [0, 0.1) is 11.3 Å². The Morgan fingerprint density at radius 2 is 1.94 bits per heavy atom. The molecule has 1 unspecified atom stereocenters. The molecule has 0 bridgehead atoms. The Balaban J connectivity index is 2.53. The third kappa shape index (κ3) is 7.27. The van der Waals surface area contributed by atoms with Crippen LogP contribution >= 0.6 is 11.6 Å². The smallest absolute Gasteiger partial charge is 0.329 e. The first-order valence-corrected chi connectivity index (χ1v) is 10.4. The number of nitriles is 1. The van der Waals surface area contributed by atoms with Crippen molar-refractivity contribution in [3.8, 4) is 22.9 Å². The number of halogens is 3. The molecule has 0 saturated carbocycles. The summed E-state index contributed by atoms with van der Waals surface area (Å²) in [5, 5.41) is 9.80. The highest BCUT2D eigenvalue weighted by Crippen LogP contribution is 2.33. The Morgan fingerprint density at radius 1 is 1.24 bits per heavy atom. The zero-order chi connectivity index (χ0) is 24.8. The normalized spacial score (nSPS) is 12.3. The maximum Gasteiger partial charge on any atom is 0.329 e. The average Bonchev–Trinajstić information content (AvgIpc) is 2.72. The minimum Gasteiger partial charge on any atom is -0.495 e. The van der Waals surface area contributed by atoms with Crippen molar-refractivity contribution >= 4 is 17.6 Å². The first kappa shape index (κ1) is 26.3. The maximum absolute atomic E-state index is 13.0. The van der Waals surface area contributed by atoms with Crippen LogP contribution in [0.4, 0.5) is 8.78 Å². The van der Waals surface area contributed by atoms with E-state index >= 15 is 0 Å². The van der Waals surface area contributed by atoms with E-state index in [4.69, 9.17) is 25.8 Å². The van der Waals surface area contributed by atoms with Crippen molar-refractivity contribution in [2.75, 3.05) is 20.3 Å². The summed E-state index contributed by atoms with van der Waals surface area (Å²) in [4.78, 5) is 25.9. The van der Waals surface area contributed by atoms with Crippen molar-refractivity contribution in [3.05, 3.63) is 51.4 Å². The molecule has 0 saturated heterocycles. The zero-order valence-electron chi connectivity index (χ0n) is 18.7. The molecule has 0 aliphatic carbocycles. The highest BCUT2D eigenvalue weighted by atomic mass is 35.5. The second-order valence-corrected chi connectivity index (χ2v) is 8.54. The molecule has 1 aromatic carbocycles. The molecule has 10 heteroatoms. The van der Waals surface area contributed by atoms with Crippen LogP contribution in [0.3, 0.4) is 0 Å². The van der Waals surface area contributed by atoms with E-state index in [1.54, 1.807) is 26.8 Å². The predicted molar refractivity (Wildman–Crippen MR) is 119 cm³/mol. The summed E-state index contributed by atoms with van der Waals surface area (Å²) in [6.07, 6.45) is -1.41. The molecular weight excluding hydrogens is 458 g/mol. The fraction of sp³-hybridized carbons (Fsp3) is 0.435. The fourth-order valence-corrected chi connectivity index (χ4v) is 3.26. The van der Waals surface area contributed by atoms with Crippen molar-refractivity contribution in [1.82, 2.24) is 4.57 Å². The van der Waals surface area contributed by atoms with E-state index in [0.29, 0.717) is 16.1 Å². The lowest BCUT2D eigenvalue weighted by Gasteiger charge is -2.25. The van der Waals surface area contributed by atoms with Crippen molar-refractivity contribution in [2.24, 2.45) is 0 Å². The van der Waals surface area contributed by atoms with Gasteiger partial charge in [-0.05, 0) is 39.0 Å². The van der Waals surface area contributed by atoms with Gasteiger partial charge in [0, 0.05) is 35.2 Å². The molecule has 0 fully saturated rings. The molecule has 33 heavy (non-hydrogen) atoms. The number of pyridine rings is 1. The molecule has 2 aromatic rings. The summed E-state index contributed by atoms with van der Waals surface area (Å²) in [6.45, 7) is 4.03. The maximum atomic E-state index is 13.0. The summed E-state index contributed by atoms with van der Waals surface area (Å²) in [5.74, 6) is -0.518. The van der Waals surface area contributed by atoms with Gasteiger partial charge in [-0.15, -0.1) is 0 Å². The van der Waals surface area contributed by atoms with E-state index in [1.807, 2.05) is 6.07 Å². The van der Waals surface area contributed by atoms with Gasteiger partial charge < -0.3 is 14.2 Å². The van der Waals surface area contributed by atoms with E-state index in [1.165, 1.54) is 31.5 Å². The number of carbonyl (C=O) groups excluding carboxylic acids is 1. The third-order valence-electron chi connectivity index (χ3n) is 4.45. The van der Waals surface area contributed by atoms with Gasteiger partial charge in [0.25, 0.3) is 12.0 Å². The minimum absolute atomic E-state index is 0.0787. The fourth-order valence-electron chi connectivity index (χ4n) is 3.09. The average molecular weight is 483 g/mol. The Bertz CT molecular complexity index is 1090. The number of alkyl halides is 2. The SMILES string of the molecule is COc1cn(C(CCOCC(F)F)C(=O)OC(C)(C)C)c(=O)cc1-c1cc(Cl)ccc1C#N.